The van der Waals surface area contributed by atoms with Gasteiger partial charge in [0.05, 0.1) is 4.92 Å². The summed E-state index contributed by atoms with van der Waals surface area (Å²) in [6.45, 7) is 0.908. The number of aryl methyl sites for hydroxylation is 1. The van der Waals surface area contributed by atoms with Crippen LogP contribution < -0.4 is 5.32 Å². The average Bonchev–Trinajstić information content (AvgIpc) is 3.33. The highest BCUT2D eigenvalue weighted by Gasteiger charge is 2.26. The molecule has 0 unspecified atom stereocenters. The van der Waals surface area contributed by atoms with Crippen molar-refractivity contribution >= 4 is 23.3 Å². The molecule has 1 amide bonds. The van der Waals surface area contributed by atoms with E-state index in [1.54, 1.807) is 29.1 Å². The minimum Gasteiger partial charge on any atom is -0.452 e. The summed E-state index contributed by atoms with van der Waals surface area (Å²) in [5.74, 6) is -1.15. The Hall–Kier alpha value is -4.39. The number of amides is 1. The second kappa shape index (κ2) is 8.10. The lowest BCUT2D eigenvalue weighted by atomic mass is 10.1. The number of anilines is 1. The van der Waals surface area contributed by atoms with Crippen LogP contribution in [0.25, 0.3) is 5.88 Å². The second-order valence-corrected chi connectivity index (χ2v) is 5.84. The van der Waals surface area contributed by atoms with Gasteiger partial charge in [-0.25, -0.2) is 4.79 Å². The highest BCUT2D eigenvalue weighted by atomic mass is 16.6. The van der Waals surface area contributed by atoms with Crippen LogP contribution in [0.5, 0.6) is 0 Å². The number of nitriles is 1. The summed E-state index contributed by atoms with van der Waals surface area (Å²) in [6.07, 6.45) is 3.32. The van der Waals surface area contributed by atoms with Gasteiger partial charge in [0.25, 0.3) is 11.6 Å². The average molecular weight is 394 g/mol. The van der Waals surface area contributed by atoms with Crippen molar-refractivity contribution in [3.8, 4) is 12.0 Å². The maximum atomic E-state index is 12.4. The topological polar surface area (TPSA) is 140 Å². The van der Waals surface area contributed by atoms with Gasteiger partial charge in [-0.2, -0.15) is 5.26 Å². The fourth-order valence-electron chi connectivity index (χ4n) is 2.60. The monoisotopic (exact) mass is 394 g/mol. The number of nitro benzene ring substituents is 1. The number of hydrogen-bond donors (Lipinski definition) is 1. The van der Waals surface area contributed by atoms with Crippen LogP contribution in [0.4, 0.5) is 11.4 Å². The third kappa shape index (κ3) is 4.14. The summed E-state index contributed by atoms with van der Waals surface area (Å²) < 4.78 is 12.1. The molecule has 0 atom stereocenters. The van der Waals surface area contributed by atoms with E-state index in [4.69, 9.17) is 9.15 Å². The number of carbonyl (C=O) groups is 2. The highest BCUT2D eigenvalue weighted by molar-refractivity contribution is 5.97. The third-order valence-electron chi connectivity index (χ3n) is 3.92. The number of furan rings is 1. The molecule has 146 valence electrons. The van der Waals surface area contributed by atoms with Crippen molar-refractivity contribution < 1.29 is 23.7 Å². The lowest BCUT2D eigenvalue weighted by Crippen LogP contribution is -2.21. The van der Waals surface area contributed by atoms with Gasteiger partial charge >= 0.3 is 5.97 Å². The van der Waals surface area contributed by atoms with Gasteiger partial charge in [-0.3, -0.25) is 19.5 Å². The van der Waals surface area contributed by atoms with Crippen LogP contribution in [0.3, 0.4) is 0 Å². The van der Waals surface area contributed by atoms with E-state index >= 15 is 0 Å². The van der Waals surface area contributed by atoms with Crippen molar-refractivity contribution in [1.29, 1.82) is 5.26 Å². The summed E-state index contributed by atoms with van der Waals surface area (Å²) in [5, 5.41) is 22.5. The van der Waals surface area contributed by atoms with Gasteiger partial charge in [0, 0.05) is 30.2 Å². The van der Waals surface area contributed by atoms with Crippen LogP contribution in [-0.2, 0) is 9.53 Å². The number of carbonyl (C=O) groups excluding carboxylic acids is 2. The highest BCUT2D eigenvalue weighted by Crippen LogP contribution is 2.26. The van der Waals surface area contributed by atoms with Crippen LogP contribution in [0.2, 0.25) is 0 Å². The van der Waals surface area contributed by atoms with Gasteiger partial charge in [-0.1, -0.05) is 0 Å². The number of ether oxygens (including phenoxy) is 1. The SMILES string of the molecule is Cc1oc(-n2cccc2)c(C#N)c1C(=O)OCC(=O)Nc1ccc([N+](=O)[O-])cc1. The molecule has 2 heterocycles. The van der Waals surface area contributed by atoms with Gasteiger partial charge in [-0.15, -0.1) is 0 Å². The fourth-order valence-corrected chi connectivity index (χ4v) is 2.60. The molecule has 3 aromatic rings. The van der Waals surface area contributed by atoms with Crippen molar-refractivity contribution in [1.82, 2.24) is 4.57 Å². The Balaban J connectivity index is 1.67. The second-order valence-electron chi connectivity index (χ2n) is 5.84. The lowest BCUT2D eigenvalue weighted by molar-refractivity contribution is -0.384. The number of nitrogens with zero attached hydrogens (tertiary/aromatic N) is 3. The van der Waals surface area contributed by atoms with Crippen molar-refractivity contribution in [2.75, 3.05) is 11.9 Å². The number of benzene rings is 1. The van der Waals surface area contributed by atoms with E-state index < -0.39 is 23.4 Å². The van der Waals surface area contributed by atoms with Gasteiger partial charge < -0.3 is 14.5 Å². The molecule has 29 heavy (non-hydrogen) atoms. The van der Waals surface area contributed by atoms with Crippen molar-refractivity contribution in [3.63, 3.8) is 0 Å². The molecule has 10 heteroatoms. The third-order valence-corrected chi connectivity index (χ3v) is 3.92. The van der Waals surface area contributed by atoms with Crippen molar-refractivity contribution in [2.24, 2.45) is 0 Å². The van der Waals surface area contributed by atoms with Gasteiger partial charge in [0.2, 0.25) is 5.88 Å². The van der Waals surface area contributed by atoms with Crippen LogP contribution in [0.15, 0.2) is 53.2 Å². The van der Waals surface area contributed by atoms with Crippen LogP contribution in [0.1, 0.15) is 21.7 Å². The summed E-state index contributed by atoms with van der Waals surface area (Å²) >= 11 is 0. The van der Waals surface area contributed by atoms with E-state index in [9.17, 15) is 25.0 Å². The molecule has 1 N–H and O–H groups in total. The Morgan fingerprint density at radius 1 is 1.28 bits per heavy atom. The molecule has 0 fully saturated rings. The van der Waals surface area contributed by atoms with E-state index in [0.29, 0.717) is 5.69 Å². The standard InChI is InChI=1S/C19H14N4O6/c1-12-17(15(10-20)18(29-12)22-8-2-3-9-22)19(25)28-11-16(24)21-13-4-6-14(7-5-13)23(26)27/h2-9H,11H2,1H3,(H,21,24). The van der Waals surface area contributed by atoms with Crippen LogP contribution in [-0.4, -0.2) is 28.0 Å². The van der Waals surface area contributed by atoms with E-state index in [-0.39, 0.29) is 28.5 Å². The Morgan fingerprint density at radius 3 is 2.52 bits per heavy atom. The van der Waals surface area contributed by atoms with Crippen LogP contribution >= 0.6 is 0 Å². The Labute approximate surface area is 164 Å². The molecule has 0 saturated heterocycles. The number of nitrogens with one attached hydrogen (secondary N) is 1. The summed E-state index contributed by atoms with van der Waals surface area (Å²) in [6, 6.07) is 10.6. The van der Waals surface area contributed by atoms with Crippen molar-refractivity contribution in [2.45, 2.75) is 6.92 Å². The molecular formula is C19H14N4O6. The predicted molar refractivity (Wildman–Crippen MR) is 99.5 cm³/mol. The molecule has 10 nitrogen and oxygen atoms in total. The first-order valence-electron chi connectivity index (χ1n) is 8.29. The first-order valence-corrected chi connectivity index (χ1v) is 8.29. The maximum Gasteiger partial charge on any atom is 0.343 e. The molecule has 2 aromatic heterocycles. The number of nitro groups is 1. The molecule has 0 saturated carbocycles. The summed E-state index contributed by atoms with van der Waals surface area (Å²) in [4.78, 5) is 34.5. The number of esters is 1. The maximum absolute atomic E-state index is 12.4. The van der Waals surface area contributed by atoms with E-state index in [1.807, 2.05) is 6.07 Å². The van der Waals surface area contributed by atoms with Crippen LogP contribution in [0, 0.1) is 28.4 Å². The normalized spacial score (nSPS) is 10.2. The molecule has 0 aliphatic rings. The van der Waals surface area contributed by atoms with Gasteiger partial charge in [0.1, 0.15) is 23.0 Å². The first-order chi connectivity index (χ1) is 13.9. The summed E-state index contributed by atoms with van der Waals surface area (Å²) in [5.41, 5.74) is 0.134. The van der Waals surface area contributed by atoms with E-state index in [0.717, 1.165) is 0 Å². The predicted octanol–water partition coefficient (Wildman–Crippen LogP) is 2.95. The molecular weight excluding hydrogens is 380 g/mol. The fraction of sp³-hybridized carbons (Fsp3) is 0.105. The number of non-ortho nitro benzene ring substituents is 1. The minimum atomic E-state index is -0.875. The number of aromatic nitrogens is 1. The Bertz CT molecular complexity index is 1110. The zero-order valence-corrected chi connectivity index (χ0v) is 15.1. The Morgan fingerprint density at radius 2 is 1.93 bits per heavy atom. The van der Waals surface area contributed by atoms with Gasteiger partial charge in [-0.05, 0) is 31.2 Å². The Kier molecular flexibility index (Phi) is 5.41. The number of rotatable bonds is 6. The van der Waals surface area contributed by atoms with E-state index in [1.165, 1.54) is 31.2 Å². The zero-order chi connectivity index (χ0) is 21.0. The minimum absolute atomic E-state index is 0.000484. The molecule has 0 aliphatic heterocycles. The molecule has 0 aliphatic carbocycles. The molecule has 0 radical (unpaired) electrons. The molecule has 0 bridgehead atoms. The smallest absolute Gasteiger partial charge is 0.343 e. The van der Waals surface area contributed by atoms with Crippen molar-refractivity contribution in [3.05, 3.63) is 75.8 Å². The quantitative estimate of drug-likeness (QED) is 0.385. The van der Waals surface area contributed by atoms with Gasteiger partial charge in [0.15, 0.2) is 6.61 Å². The first kappa shape index (κ1) is 19.4. The zero-order valence-electron chi connectivity index (χ0n) is 15.1. The van der Waals surface area contributed by atoms with E-state index in [2.05, 4.69) is 5.32 Å². The number of hydrogen-bond acceptors (Lipinski definition) is 7. The largest absolute Gasteiger partial charge is 0.452 e. The summed E-state index contributed by atoms with van der Waals surface area (Å²) in [7, 11) is 0. The molecule has 3 rings (SSSR count). The lowest BCUT2D eigenvalue weighted by Gasteiger charge is -2.06. The molecule has 1 aromatic carbocycles. The molecule has 0 spiro atoms.